The summed E-state index contributed by atoms with van der Waals surface area (Å²) in [5, 5.41) is 7.87. The minimum atomic E-state index is -0.268. The maximum absolute atomic E-state index is 12.8. The number of fused-ring (bicyclic) bond motifs is 2. The number of rotatable bonds is 3. The fourth-order valence-electron chi connectivity index (χ4n) is 3.38. The highest BCUT2D eigenvalue weighted by atomic mass is 32.1. The van der Waals surface area contributed by atoms with Crippen LogP contribution in [0.2, 0.25) is 0 Å². The van der Waals surface area contributed by atoms with Gasteiger partial charge in [-0.3, -0.25) is 10.1 Å². The van der Waals surface area contributed by atoms with Crippen molar-refractivity contribution in [3.63, 3.8) is 0 Å². The molecular formula is C24H16N4O2S. The lowest BCUT2D eigenvalue weighted by molar-refractivity contribution is 0.0979. The van der Waals surface area contributed by atoms with Crippen molar-refractivity contribution in [2.24, 2.45) is 0 Å². The highest BCUT2D eigenvalue weighted by Gasteiger charge is 2.13. The van der Waals surface area contributed by atoms with E-state index in [0.717, 1.165) is 16.3 Å². The van der Waals surface area contributed by atoms with Gasteiger partial charge in [0, 0.05) is 23.0 Å². The lowest BCUT2D eigenvalue weighted by Crippen LogP contribution is -2.34. The molecule has 0 radical (unpaired) electrons. The predicted octanol–water partition coefficient (Wildman–Crippen LogP) is 5.17. The Kier molecular flexibility index (Phi) is 4.86. The number of anilines is 1. The third kappa shape index (κ3) is 3.86. The Balaban J connectivity index is 1.33. The topological polar surface area (TPSA) is 80.0 Å². The summed E-state index contributed by atoms with van der Waals surface area (Å²) in [5.74, 6) is 0.193. The van der Waals surface area contributed by atoms with Gasteiger partial charge in [0.15, 0.2) is 16.3 Å². The number of hydrogen-bond donors (Lipinski definition) is 2. The monoisotopic (exact) mass is 424 g/mol. The Morgan fingerprint density at radius 1 is 0.935 bits per heavy atom. The van der Waals surface area contributed by atoms with Crippen molar-refractivity contribution in [2.45, 2.75) is 0 Å². The minimum absolute atomic E-state index is 0.203. The summed E-state index contributed by atoms with van der Waals surface area (Å²) < 4.78 is 5.77. The molecule has 0 aliphatic heterocycles. The van der Waals surface area contributed by atoms with E-state index < -0.39 is 0 Å². The molecule has 2 heterocycles. The summed E-state index contributed by atoms with van der Waals surface area (Å²) >= 11 is 5.36. The summed E-state index contributed by atoms with van der Waals surface area (Å²) in [7, 11) is 0. The van der Waals surface area contributed by atoms with Gasteiger partial charge in [0.2, 0.25) is 5.89 Å². The molecule has 0 atom stereocenters. The standard InChI is InChI=1S/C24H16N4O2S/c29-22(19-11-4-7-15-6-1-2-10-18(15)19)28-24(31)26-17-9-3-8-16(14-17)23-27-21-20(30-23)12-5-13-25-21/h1-14H,(H2,26,28,29,31). The zero-order chi connectivity index (χ0) is 21.2. The summed E-state index contributed by atoms with van der Waals surface area (Å²) in [6.45, 7) is 0. The van der Waals surface area contributed by atoms with Crippen LogP contribution in [0.1, 0.15) is 10.4 Å². The Labute approximate surface area is 182 Å². The maximum atomic E-state index is 12.8. The van der Waals surface area contributed by atoms with E-state index >= 15 is 0 Å². The molecule has 31 heavy (non-hydrogen) atoms. The van der Waals surface area contributed by atoms with Crippen molar-refractivity contribution >= 4 is 50.9 Å². The van der Waals surface area contributed by atoms with Gasteiger partial charge in [0.05, 0.1) is 0 Å². The largest absolute Gasteiger partial charge is 0.434 e. The number of nitrogens with zero attached hydrogens (tertiary/aromatic N) is 2. The zero-order valence-corrected chi connectivity index (χ0v) is 17.0. The van der Waals surface area contributed by atoms with Gasteiger partial charge in [-0.15, -0.1) is 0 Å². The van der Waals surface area contributed by atoms with E-state index in [4.69, 9.17) is 16.6 Å². The molecular weight excluding hydrogens is 408 g/mol. The van der Waals surface area contributed by atoms with Crippen LogP contribution in [-0.2, 0) is 0 Å². The number of pyridine rings is 1. The first-order valence-electron chi connectivity index (χ1n) is 9.59. The number of carbonyl (C=O) groups excluding carboxylic acids is 1. The summed E-state index contributed by atoms with van der Waals surface area (Å²) in [6.07, 6.45) is 1.67. The smallest absolute Gasteiger partial charge is 0.258 e. The molecule has 0 unspecified atom stereocenters. The van der Waals surface area contributed by atoms with Gasteiger partial charge in [-0.25, -0.2) is 4.98 Å². The first-order valence-corrected chi connectivity index (χ1v) is 10.0. The van der Waals surface area contributed by atoms with Crippen LogP contribution >= 0.6 is 12.2 Å². The second-order valence-corrected chi connectivity index (χ2v) is 7.27. The molecule has 0 saturated heterocycles. The van der Waals surface area contributed by atoms with Crippen molar-refractivity contribution in [1.29, 1.82) is 0 Å². The molecule has 2 N–H and O–H groups in total. The third-order valence-electron chi connectivity index (χ3n) is 4.79. The average molecular weight is 424 g/mol. The van der Waals surface area contributed by atoms with Crippen LogP contribution < -0.4 is 10.6 Å². The average Bonchev–Trinajstić information content (AvgIpc) is 3.23. The molecule has 7 heteroatoms. The second-order valence-electron chi connectivity index (χ2n) is 6.86. The van der Waals surface area contributed by atoms with Crippen LogP contribution in [0, 0.1) is 0 Å². The molecule has 0 aliphatic rings. The zero-order valence-electron chi connectivity index (χ0n) is 16.2. The molecule has 150 valence electrons. The molecule has 0 spiro atoms. The fourth-order valence-corrected chi connectivity index (χ4v) is 3.59. The normalized spacial score (nSPS) is 10.8. The van der Waals surface area contributed by atoms with Crippen molar-refractivity contribution in [3.05, 3.63) is 90.6 Å². The van der Waals surface area contributed by atoms with Gasteiger partial charge in [-0.2, -0.15) is 4.98 Å². The van der Waals surface area contributed by atoms with Crippen LogP contribution in [0.4, 0.5) is 5.69 Å². The van der Waals surface area contributed by atoms with E-state index in [1.807, 2.05) is 66.7 Å². The SMILES string of the molecule is O=C(NC(=S)Nc1cccc(-c2nc3ncccc3o2)c1)c1cccc2ccccc12. The Bertz CT molecular complexity index is 1410. The molecule has 0 fully saturated rings. The number of aromatic nitrogens is 2. The van der Waals surface area contributed by atoms with Gasteiger partial charge < -0.3 is 9.73 Å². The molecule has 1 amide bonds. The van der Waals surface area contributed by atoms with Crippen molar-refractivity contribution in [1.82, 2.24) is 15.3 Å². The highest BCUT2D eigenvalue weighted by Crippen LogP contribution is 2.25. The Morgan fingerprint density at radius 2 is 1.77 bits per heavy atom. The Hall–Kier alpha value is -4.10. The number of nitrogens with one attached hydrogen (secondary N) is 2. The van der Waals surface area contributed by atoms with Gasteiger partial charge in [-0.05, 0) is 59.4 Å². The van der Waals surface area contributed by atoms with E-state index in [2.05, 4.69) is 20.6 Å². The van der Waals surface area contributed by atoms with E-state index in [9.17, 15) is 4.79 Å². The maximum Gasteiger partial charge on any atom is 0.258 e. The molecule has 5 rings (SSSR count). The molecule has 6 nitrogen and oxygen atoms in total. The van der Waals surface area contributed by atoms with Crippen LogP contribution in [-0.4, -0.2) is 21.0 Å². The lowest BCUT2D eigenvalue weighted by atomic mass is 10.0. The summed E-state index contributed by atoms with van der Waals surface area (Å²) in [6, 6.07) is 24.4. The number of carbonyl (C=O) groups is 1. The molecule has 2 aromatic heterocycles. The second kappa shape index (κ2) is 7.97. The van der Waals surface area contributed by atoms with Crippen LogP contribution in [0.25, 0.3) is 33.5 Å². The summed E-state index contributed by atoms with van der Waals surface area (Å²) in [5.41, 5.74) is 3.21. The number of amides is 1. The van der Waals surface area contributed by atoms with Gasteiger partial charge in [0.25, 0.3) is 5.91 Å². The van der Waals surface area contributed by atoms with Crippen molar-refractivity contribution in [3.8, 4) is 11.5 Å². The van der Waals surface area contributed by atoms with Crippen molar-refractivity contribution in [2.75, 3.05) is 5.32 Å². The minimum Gasteiger partial charge on any atom is -0.434 e. The van der Waals surface area contributed by atoms with E-state index in [-0.39, 0.29) is 11.0 Å². The van der Waals surface area contributed by atoms with Crippen LogP contribution in [0.3, 0.4) is 0 Å². The number of benzene rings is 3. The highest BCUT2D eigenvalue weighted by molar-refractivity contribution is 7.80. The number of oxazole rings is 1. The molecule has 0 saturated carbocycles. The Morgan fingerprint density at radius 3 is 2.68 bits per heavy atom. The number of hydrogen-bond acceptors (Lipinski definition) is 5. The van der Waals surface area contributed by atoms with E-state index in [0.29, 0.717) is 28.4 Å². The van der Waals surface area contributed by atoms with Gasteiger partial charge >= 0.3 is 0 Å². The quantitative estimate of drug-likeness (QED) is 0.389. The van der Waals surface area contributed by atoms with Crippen LogP contribution in [0.15, 0.2) is 89.5 Å². The molecule has 0 aliphatic carbocycles. The lowest BCUT2D eigenvalue weighted by Gasteiger charge is -2.11. The number of thiocarbonyl (C=S) groups is 1. The predicted molar refractivity (Wildman–Crippen MR) is 125 cm³/mol. The molecule has 0 bridgehead atoms. The first kappa shape index (κ1) is 18.9. The first-order chi connectivity index (χ1) is 15.2. The third-order valence-corrected chi connectivity index (χ3v) is 5.00. The van der Waals surface area contributed by atoms with E-state index in [1.54, 1.807) is 18.3 Å². The fraction of sp³-hybridized carbons (Fsp3) is 0. The van der Waals surface area contributed by atoms with Gasteiger partial charge in [-0.1, -0.05) is 42.5 Å². The summed E-state index contributed by atoms with van der Waals surface area (Å²) in [4.78, 5) is 21.4. The van der Waals surface area contributed by atoms with Crippen LogP contribution in [0.5, 0.6) is 0 Å². The van der Waals surface area contributed by atoms with Crippen molar-refractivity contribution < 1.29 is 9.21 Å². The van der Waals surface area contributed by atoms with Gasteiger partial charge in [0.1, 0.15) is 0 Å². The van der Waals surface area contributed by atoms with E-state index in [1.165, 1.54) is 0 Å². The molecule has 5 aromatic rings. The molecule has 3 aromatic carbocycles.